The Labute approximate surface area is 212 Å². The van der Waals surface area contributed by atoms with Gasteiger partial charge in [-0.05, 0) is 56.9 Å². The molecular formula is C25H26ClN5O5. The highest BCUT2D eigenvalue weighted by Gasteiger charge is 2.34. The molecule has 0 atom stereocenters. The molecule has 1 aliphatic heterocycles. The van der Waals surface area contributed by atoms with Crippen LogP contribution in [0.25, 0.3) is 11.1 Å². The Morgan fingerprint density at radius 3 is 2.64 bits per heavy atom. The van der Waals surface area contributed by atoms with Gasteiger partial charge >= 0.3 is 0 Å². The topological polar surface area (TPSA) is 127 Å². The number of morpholine rings is 1. The molecule has 1 aliphatic carbocycles. The lowest BCUT2D eigenvalue weighted by atomic mass is 9.84. The summed E-state index contributed by atoms with van der Waals surface area (Å²) in [5.74, 6) is -0.771. The van der Waals surface area contributed by atoms with Crippen LogP contribution >= 0.6 is 11.6 Å². The van der Waals surface area contributed by atoms with E-state index in [4.69, 9.17) is 20.8 Å². The highest BCUT2D eigenvalue weighted by atomic mass is 35.5. The lowest BCUT2D eigenvalue weighted by molar-refractivity contribution is -0.146. The zero-order valence-electron chi connectivity index (χ0n) is 19.8. The van der Waals surface area contributed by atoms with Crippen LogP contribution in [0, 0.1) is 12.8 Å². The van der Waals surface area contributed by atoms with Gasteiger partial charge in [-0.25, -0.2) is 9.97 Å². The molecule has 0 radical (unpaired) electrons. The van der Waals surface area contributed by atoms with Gasteiger partial charge in [0, 0.05) is 30.4 Å². The molecule has 188 valence electrons. The summed E-state index contributed by atoms with van der Waals surface area (Å²) in [5.41, 5.74) is 1.75. The third-order valence-corrected chi connectivity index (χ3v) is 6.85. The van der Waals surface area contributed by atoms with E-state index in [1.807, 2.05) is 11.8 Å². The first kappa shape index (κ1) is 24.2. The number of nitrogens with zero attached hydrogens (tertiary/aromatic N) is 3. The summed E-state index contributed by atoms with van der Waals surface area (Å²) in [5, 5.41) is 6.02. The molecule has 0 spiro atoms. The highest BCUT2D eigenvalue weighted by Crippen LogP contribution is 2.33. The number of halogens is 1. The Balaban J connectivity index is 1.33. The lowest BCUT2D eigenvalue weighted by Gasteiger charge is -2.38. The van der Waals surface area contributed by atoms with Crippen molar-refractivity contribution in [2.75, 3.05) is 30.4 Å². The molecule has 3 aromatic heterocycles. The first-order valence-electron chi connectivity index (χ1n) is 11.9. The van der Waals surface area contributed by atoms with Gasteiger partial charge < -0.3 is 24.7 Å². The largest absolute Gasteiger partial charge is 0.447 e. The molecule has 11 heteroatoms. The molecule has 3 aromatic rings. The van der Waals surface area contributed by atoms with Crippen LogP contribution in [-0.2, 0) is 14.3 Å². The number of amides is 3. The Morgan fingerprint density at radius 2 is 1.92 bits per heavy atom. The summed E-state index contributed by atoms with van der Waals surface area (Å²) in [6.07, 6.45) is 4.18. The molecule has 5 rings (SSSR count). The number of rotatable bonds is 5. The molecule has 4 heterocycles. The third-order valence-electron chi connectivity index (χ3n) is 6.63. The summed E-state index contributed by atoms with van der Waals surface area (Å²) in [7, 11) is 0. The lowest BCUT2D eigenvalue weighted by Crippen LogP contribution is -2.49. The molecule has 10 nitrogen and oxygen atoms in total. The third kappa shape index (κ3) is 5.05. The van der Waals surface area contributed by atoms with Crippen molar-refractivity contribution in [3.05, 3.63) is 46.9 Å². The van der Waals surface area contributed by atoms with Crippen molar-refractivity contribution in [2.45, 2.75) is 38.6 Å². The normalized spacial score (nSPS) is 20.4. The average Bonchev–Trinajstić information content (AvgIpc) is 3.23. The van der Waals surface area contributed by atoms with Crippen LogP contribution < -0.4 is 10.6 Å². The van der Waals surface area contributed by atoms with Crippen LogP contribution in [0.2, 0.25) is 5.02 Å². The number of carbonyl (C=O) groups is 3. The molecule has 0 aromatic carbocycles. The van der Waals surface area contributed by atoms with Crippen molar-refractivity contribution in [1.82, 2.24) is 14.9 Å². The maximum atomic E-state index is 13.3. The second-order valence-corrected chi connectivity index (χ2v) is 9.49. The van der Waals surface area contributed by atoms with Crippen LogP contribution in [0.3, 0.4) is 0 Å². The molecule has 3 amide bonds. The fourth-order valence-corrected chi connectivity index (χ4v) is 4.88. The number of fused-ring (bicyclic) bond motifs is 1. The maximum Gasteiger partial charge on any atom is 0.294 e. The summed E-state index contributed by atoms with van der Waals surface area (Å²) in [6, 6.07) is 6.79. The van der Waals surface area contributed by atoms with E-state index in [1.165, 1.54) is 6.20 Å². The Hall–Kier alpha value is -3.50. The Kier molecular flexibility index (Phi) is 6.88. The van der Waals surface area contributed by atoms with Gasteiger partial charge in [-0.15, -0.1) is 0 Å². The van der Waals surface area contributed by atoms with Gasteiger partial charge in [-0.2, -0.15) is 0 Å². The number of nitrogens with one attached hydrogen (secondary N) is 2. The molecule has 1 saturated heterocycles. The summed E-state index contributed by atoms with van der Waals surface area (Å²) in [6.45, 7) is 3.08. The first-order chi connectivity index (χ1) is 17.4. The minimum absolute atomic E-state index is 0.00583. The molecule has 1 saturated carbocycles. The number of aromatic nitrogens is 2. The van der Waals surface area contributed by atoms with Crippen LogP contribution in [0.1, 0.15) is 41.9 Å². The number of ether oxygens (including phenoxy) is 1. The Bertz CT molecular complexity index is 1300. The van der Waals surface area contributed by atoms with Gasteiger partial charge in [0.05, 0.1) is 11.6 Å². The quantitative estimate of drug-likeness (QED) is 0.533. The fraction of sp³-hybridized carbons (Fsp3) is 0.400. The fourth-order valence-electron chi connectivity index (χ4n) is 4.76. The van der Waals surface area contributed by atoms with Gasteiger partial charge in [0.15, 0.2) is 5.58 Å². The highest BCUT2D eigenvalue weighted by molar-refractivity contribution is 6.30. The minimum atomic E-state index is -0.565. The molecule has 0 bridgehead atoms. The van der Waals surface area contributed by atoms with Gasteiger partial charge in [-0.3, -0.25) is 14.4 Å². The van der Waals surface area contributed by atoms with Crippen molar-refractivity contribution >= 4 is 51.9 Å². The van der Waals surface area contributed by atoms with Crippen LogP contribution in [-0.4, -0.2) is 58.4 Å². The van der Waals surface area contributed by atoms with E-state index in [-0.39, 0.29) is 41.8 Å². The first-order valence-corrected chi connectivity index (χ1v) is 12.3. The number of carbonyl (C=O) groups excluding carboxylic acids is 3. The number of aryl methyl sites for hydroxylation is 1. The second kappa shape index (κ2) is 10.2. The van der Waals surface area contributed by atoms with E-state index in [9.17, 15) is 14.4 Å². The minimum Gasteiger partial charge on any atom is -0.447 e. The van der Waals surface area contributed by atoms with Crippen molar-refractivity contribution in [1.29, 1.82) is 0 Å². The number of hydrogen-bond acceptors (Lipinski definition) is 7. The zero-order chi connectivity index (χ0) is 25.2. The molecule has 2 N–H and O–H groups in total. The van der Waals surface area contributed by atoms with Crippen LogP contribution in [0.5, 0.6) is 0 Å². The average molecular weight is 512 g/mol. The van der Waals surface area contributed by atoms with Gasteiger partial charge in [0.2, 0.25) is 17.6 Å². The second-order valence-electron chi connectivity index (χ2n) is 9.06. The number of hydrogen-bond donors (Lipinski definition) is 2. The van der Waals surface area contributed by atoms with Crippen molar-refractivity contribution in [2.24, 2.45) is 5.92 Å². The van der Waals surface area contributed by atoms with Crippen LogP contribution in [0.4, 0.5) is 11.5 Å². The van der Waals surface area contributed by atoms with E-state index in [1.54, 1.807) is 24.3 Å². The van der Waals surface area contributed by atoms with Gasteiger partial charge in [0.1, 0.15) is 23.6 Å². The van der Waals surface area contributed by atoms with Gasteiger partial charge in [-0.1, -0.05) is 11.6 Å². The zero-order valence-corrected chi connectivity index (χ0v) is 20.5. The molecule has 2 aliphatic rings. The Morgan fingerprint density at radius 1 is 1.11 bits per heavy atom. The smallest absolute Gasteiger partial charge is 0.294 e. The predicted octanol–water partition coefficient (Wildman–Crippen LogP) is 3.79. The summed E-state index contributed by atoms with van der Waals surface area (Å²) < 4.78 is 11.0. The predicted molar refractivity (Wildman–Crippen MR) is 133 cm³/mol. The maximum absolute atomic E-state index is 13.3. The molecule has 2 fully saturated rings. The van der Waals surface area contributed by atoms with E-state index in [0.29, 0.717) is 47.9 Å². The summed E-state index contributed by atoms with van der Waals surface area (Å²) >= 11 is 5.88. The monoisotopic (exact) mass is 511 g/mol. The van der Waals surface area contributed by atoms with Crippen LogP contribution in [0.15, 0.2) is 34.9 Å². The number of anilines is 2. The standard InChI is InChI=1S/C25H26ClN5O5/c1-14-2-8-18-21(28-14)22(23(36-18)25(34)29-19-9-5-16(26)12-27-19)30-24(33)15-3-6-17(7-4-15)31-10-11-35-13-20(31)32/h2,5,8-9,12,15,17H,3-4,6-7,10-11,13H2,1H3,(H,30,33)(H,27,29,34)/t15-,17-. The van der Waals surface area contributed by atoms with Crippen molar-refractivity contribution < 1.29 is 23.5 Å². The van der Waals surface area contributed by atoms with E-state index in [0.717, 1.165) is 18.5 Å². The van der Waals surface area contributed by atoms with Gasteiger partial charge in [0.25, 0.3) is 5.91 Å². The number of pyridine rings is 2. The van der Waals surface area contributed by atoms with Crippen molar-refractivity contribution in [3.63, 3.8) is 0 Å². The van der Waals surface area contributed by atoms with E-state index in [2.05, 4.69) is 20.6 Å². The summed E-state index contributed by atoms with van der Waals surface area (Å²) in [4.78, 5) is 49.0. The van der Waals surface area contributed by atoms with E-state index < -0.39 is 5.91 Å². The SMILES string of the molecule is Cc1ccc2oc(C(=O)Nc3ccc(Cl)cn3)c(NC(=O)[C@H]3CC[C@H](N4CCOCC4=O)CC3)c2n1. The van der Waals surface area contributed by atoms with Crippen molar-refractivity contribution in [3.8, 4) is 0 Å². The molecular weight excluding hydrogens is 486 g/mol. The van der Waals surface area contributed by atoms with E-state index >= 15 is 0 Å². The molecule has 0 unspecified atom stereocenters. The number of furan rings is 1. The molecule has 36 heavy (non-hydrogen) atoms.